The molecule has 1 heterocycles. The summed E-state index contributed by atoms with van der Waals surface area (Å²) in [5, 5.41) is 15.1. The number of hydrogen-bond acceptors (Lipinski definition) is 3. The van der Waals surface area contributed by atoms with Crippen LogP contribution in [0.25, 0.3) is 32.7 Å². The molecular weight excluding hydrogens is 359 g/mol. The molecule has 4 rings (SSSR count). The van der Waals surface area contributed by atoms with Crippen molar-refractivity contribution in [2.45, 2.75) is 38.9 Å². The van der Waals surface area contributed by atoms with Gasteiger partial charge in [0.1, 0.15) is 11.2 Å². The van der Waals surface area contributed by atoms with Crippen molar-refractivity contribution in [3.63, 3.8) is 0 Å². The molecule has 0 aliphatic rings. The van der Waals surface area contributed by atoms with Gasteiger partial charge in [-0.05, 0) is 62.1 Å². The average Bonchev–Trinajstić information content (AvgIpc) is 2.92. The van der Waals surface area contributed by atoms with Crippen LogP contribution in [-0.4, -0.2) is 23.8 Å². The summed E-state index contributed by atoms with van der Waals surface area (Å²) >= 11 is 6.44. The summed E-state index contributed by atoms with van der Waals surface area (Å²) in [6.45, 7) is 7.13. The van der Waals surface area contributed by atoms with E-state index in [0.717, 1.165) is 38.2 Å². The van der Waals surface area contributed by atoms with E-state index in [2.05, 4.69) is 24.3 Å². The van der Waals surface area contributed by atoms with Crippen LogP contribution < -0.4 is 5.46 Å². The van der Waals surface area contributed by atoms with Gasteiger partial charge in [0.15, 0.2) is 0 Å². The third kappa shape index (κ3) is 3.23. The van der Waals surface area contributed by atoms with Gasteiger partial charge >= 0.3 is 7.48 Å². The molecule has 0 aliphatic heterocycles. The van der Waals surface area contributed by atoms with Gasteiger partial charge in [0.05, 0.1) is 11.2 Å². The number of aliphatic hydroxyl groups is 1. The van der Waals surface area contributed by atoms with Crippen LogP contribution in [0.1, 0.15) is 27.7 Å². The molecule has 0 atom stereocenters. The van der Waals surface area contributed by atoms with Crippen molar-refractivity contribution in [3.05, 3.63) is 53.6 Å². The molecule has 1 radical (unpaired) electrons. The monoisotopic (exact) mass is 379 g/mol. The Morgan fingerprint density at radius 1 is 0.926 bits per heavy atom. The molecule has 1 N–H and O–H groups in total. The van der Waals surface area contributed by atoms with Crippen molar-refractivity contribution in [2.24, 2.45) is 0 Å². The Kier molecular flexibility index (Phi) is 4.26. The summed E-state index contributed by atoms with van der Waals surface area (Å²) in [4.78, 5) is 0. The Balaban J connectivity index is 1.79. The summed E-state index contributed by atoms with van der Waals surface area (Å²) in [6, 6.07) is 16.2. The summed E-state index contributed by atoms with van der Waals surface area (Å²) in [5.41, 5.74) is 0.553. The highest BCUT2D eigenvalue weighted by atomic mass is 35.5. The average molecular weight is 380 g/mol. The molecule has 1 aromatic heterocycles. The lowest BCUT2D eigenvalue weighted by Crippen LogP contribution is -2.49. The fraction of sp³-hybridized carbons (Fsp3) is 0.273. The van der Waals surface area contributed by atoms with Gasteiger partial charge in [0, 0.05) is 15.8 Å². The Bertz CT molecular complexity index is 1160. The van der Waals surface area contributed by atoms with Crippen LogP contribution in [0.3, 0.4) is 0 Å². The van der Waals surface area contributed by atoms with E-state index >= 15 is 0 Å². The van der Waals surface area contributed by atoms with E-state index in [9.17, 15) is 5.11 Å². The molecule has 5 heteroatoms. The zero-order valence-corrected chi connectivity index (χ0v) is 16.6. The van der Waals surface area contributed by atoms with Crippen molar-refractivity contribution in [2.75, 3.05) is 0 Å². The zero-order valence-electron chi connectivity index (χ0n) is 15.8. The van der Waals surface area contributed by atoms with E-state index in [0.29, 0.717) is 5.02 Å². The maximum Gasteiger partial charge on any atom is 0.332 e. The van der Waals surface area contributed by atoms with Gasteiger partial charge in [-0.1, -0.05) is 41.9 Å². The number of hydrogen-bond donors (Lipinski definition) is 1. The molecule has 137 valence electrons. The third-order valence-electron chi connectivity index (χ3n) is 5.41. The van der Waals surface area contributed by atoms with Crippen LogP contribution in [-0.2, 0) is 4.65 Å². The molecule has 4 aromatic rings. The van der Waals surface area contributed by atoms with E-state index in [1.807, 2.05) is 38.1 Å². The van der Waals surface area contributed by atoms with Gasteiger partial charge in [-0.15, -0.1) is 0 Å². The quantitative estimate of drug-likeness (QED) is 0.495. The van der Waals surface area contributed by atoms with Crippen LogP contribution in [0, 0.1) is 0 Å². The van der Waals surface area contributed by atoms with Gasteiger partial charge in [-0.25, -0.2) is 0 Å². The molecule has 0 amide bonds. The van der Waals surface area contributed by atoms with E-state index in [1.54, 1.807) is 21.3 Å². The number of halogens is 1. The first kappa shape index (κ1) is 18.4. The molecule has 0 saturated carbocycles. The van der Waals surface area contributed by atoms with Crippen LogP contribution in [0.15, 0.2) is 52.9 Å². The van der Waals surface area contributed by atoms with Crippen molar-refractivity contribution in [3.8, 4) is 0 Å². The van der Waals surface area contributed by atoms with Crippen molar-refractivity contribution < 1.29 is 14.2 Å². The molecule has 3 aromatic carbocycles. The largest absolute Gasteiger partial charge is 0.456 e. The van der Waals surface area contributed by atoms with E-state index in [4.69, 9.17) is 20.7 Å². The van der Waals surface area contributed by atoms with Crippen molar-refractivity contribution in [1.29, 1.82) is 0 Å². The molecule has 27 heavy (non-hydrogen) atoms. The first-order valence-electron chi connectivity index (χ1n) is 8.94. The highest BCUT2D eigenvalue weighted by Crippen LogP contribution is 2.33. The zero-order chi connectivity index (χ0) is 19.4. The minimum atomic E-state index is -0.999. The Morgan fingerprint density at radius 3 is 2.19 bits per heavy atom. The predicted molar refractivity (Wildman–Crippen MR) is 113 cm³/mol. The van der Waals surface area contributed by atoms with Crippen molar-refractivity contribution >= 4 is 57.3 Å². The van der Waals surface area contributed by atoms with Gasteiger partial charge in [0.25, 0.3) is 0 Å². The highest BCUT2D eigenvalue weighted by molar-refractivity contribution is 6.54. The summed E-state index contributed by atoms with van der Waals surface area (Å²) in [6.07, 6.45) is 0. The van der Waals surface area contributed by atoms with E-state index in [1.165, 1.54) is 0 Å². The summed E-state index contributed by atoms with van der Waals surface area (Å²) < 4.78 is 11.9. The van der Waals surface area contributed by atoms with Crippen LogP contribution >= 0.6 is 11.6 Å². The first-order chi connectivity index (χ1) is 12.7. The fourth-order valence-electron chi connectivity index (χ4n) is 2.94. The SMILES string of the molecule is CC(C)(O)C(C)(C)O[B]c1cc2c(cc1Cl)oc1cc3ccccc3cc12. The second kappa shape index (κ2) is 6.27. The lowest BCUT2D eigenvalue weighted by atomic mass is 9.82. The second-order valence-corrected chi connectivity index (χ2v) is 8.38. The summed E-state index contributed by atoms with van der Waals surface area (Å²) in [5.74, 6) is 0. The molecule has 0 spiro atoms. The molecule has 0 saturated heterocycles. The predicted octanol–water partition coefficient (Wildman–Crippen LogP) is 5.20. The number of fused-ring (bicyclic) bond motifs is 4. The topological polar surface area (TPSA) is 42.6 Å². The van der Waals surface area contributed by atoms with Gasteiger partial charge in [-0.3, -0.25) is 0 Å². The number of benzene rings is 3. The fourth-order valence-corrected chi connectivity index (χ4v) is 3.14. The maximum atomic E-state index is 10.3. The van der Waals surface area contributed by atoms with Gasteiger partial charge in [-0.2, -0.15) is 0 Å². The third-order valence-corrected chi connectivity index (χ3v) is 5.74. The first-order valence-corrected chi connectivity index (χ1v) is 9.31. The van der Waals surface area contributed by atoms with Crippen molar-refractivity contribution in [1.82, 2.24) is 0 Å². The number of rotatable bonds is 4. The van der Waals surface area contributed by atoms with Gasteiger partial charge in [0.2, 0.25) is 0 Å². The maximum absolute atomic E-state index is 10.3. The normalized spacial score (nSPS) is 13.0. The Hall–Kier alpha value is -2.01. The van der Waals surface area contributed by atoms with Crippen LogP contribution in [0.4, 0.5) is 0 Å². The smallest absolute Gasteiger partial charge is 0.332 e. The van der Waals surface area contributed by atoms with E-state index in [-0.39, 0.29) is 0 Å². The number of furan rings is 1. The highest BCUT2D eigenvalue weighted by Gasteiger charge is 2.36. The standard InChI is InChI=1S/C22H21BClO3/c1-21(2,25)22(3,4)27-23-17-11-16-15-9-13-7-5-6-8-14(13)10-19(15)26-20(16)12-18(17)24/h5-12,25H,1-4H3. The minimum absolute atomic E-state index is 0.539. The molecule has 0 aliphatic carbocycles. The minimum Gasteiger partial charge on any atom is -0.456 e. The van der Waals surface area contributed by atoms with Crippen LogP contribution in [0.2, 0.25) is 5.02 Å². The Labute approximate surface area is 164 Å². The van der Waals surface area contributed by atoms with Crippen LogP contribution in [0.5, 0.6) is 0 Å². The van der Waals surface area contributed by atoms with Gasteiger partial charge < -0.3 is 14.2 Å². The Morgan fingerprint density at radius 2 is 1.52 bits per heavy atom. The molecule has 0 fully saturated rings. The molecule has 3 nitrogen and oxygen atoms in total. The lowest BCUT2D eigenvalue weighted by Gasteiger charge is -2.37. The van der Waals surface area contributed by atoms with E-state index < -0.39 is 11.2 Å². The second-order valence-electron chi connectivity index (χ2n) is 7.97. The lowest BCUT2D eigenvalue weighted by molar-refractivity contribution is -0.0893. The summed E-state index contributed by atoms with van der Waals surface area (Å²) in [7, 11) is 1.61. The molecular formula is C22H21BClO3. The molecule has 0 unspecified atom stereocenters. The molecule has 0 bridgehead atoms.